The third-order valence-electron chi connectivity index (χ3n) is 6.36. The maximum atomic E-state index is 13.1. The Morgan fingerprint density at radius 2 is 1.86 bits per heavy atom. The van der Waals surface area contributed by atoms with Crippen molar-refractivity contribution in [3.63, 3.8) is 0 Å². The molecule has 1 aromatic heterocycles. The number of rotatable bonds is 4. The summed E-state index contributed by atoms with van der Waals surface area (Å²) in [4.78, 5) is 44.3. The van der Waals surface area contributed by atoms with Crippen molar-refractivity contribution in [3.05, 3.63) is 22.4 Å². The Balaban J connectivity index is 1.31. The second-order valence-corrected chi connectivity index (χ2v) is 9.15. The lowest BCUT2D eigenvalue weighted by Gasteiger charge is -2.38. The molecule has 0 aliphatic carbocycles. The summed E-state index contributed by atoms with van der Waals surface area (Å²) < 4.78 is 0. The lowest BCUT2D eigenvalue weighted by molar-refractivity contribution is -0.138. The number of piperidine rings is 2. The van der Waals surface area contributed by atoms with Crippen LogP contribution in [0.15, 0.2) is 17.5 Å². The third kappa shape index (κ3) is 4.09. The van der Waals surface area contributed by atoms with E-state index < -0.39 is 0 Å². The van der Waals surface area contributed by atoms with E-state index in [1.807, 2.05) is 27.3 Å². The largest absolute Gasteiger partial charge is 0.342 e. The van der Waals surface area contributed by atoms with Gasteiger partial charge in [0.2, 0.25) is 11.8 Å². The van der Waals surface area contributed by atoms with E-state index in [0.29, 0.717) is 29.7 Å². The van der Waals surface area contributed by atoms with E-state index in [1.54, 1.807) is 4.90 Å². The fourth-order valence-corrected chi connectivity index (χ4v) is 5.40. The molecular weight excluding hydrogens is 374 g/mol. The summed E-state index contributed by atoms with van der Waals surface area (Å²) in [5.41, 5.74) is 0. The van der Waals surface area contributed by atoms with Gasteiger partial charge in [0.25, 0.3) is 5.91 Å². The molecule has 4 heterocycles. The Hall–Kier alpha value is -1.89. The Kier molecular flexibility index (Phi) is 5.99. The van der Waals surface area contributed by atoms with Gasteiger partial charge in [0.1, 0.15) is 6.04 Å². The normalized spacial score (nSPS) is 24.1. The Morgan fingerprint density at radius 3 is 2.57 bits per heavy atom. The van der Waals surface area contributed by atoms with Crippen LogP contribution >= 0.6 is 11.3 Å². The van der Waals surface area contributed by atoms with Gasteiger partial charge in [-0.15, -0.1) is 11.3 Å². The van der Waals surface area contributed by atoms with Crippen molar-refractivity contribution in [1.29, 1.82) is 0 Å². The smallest absolute Gasteiger partial charge is 0.264 e. The van der Waals surface area contributed by atoms with E-state index in [9.17, 15) is 14.4 Å². The van der Waals surface area contributed by atoms with Crippen molar-refractivity contribution in [2.45, 2.75) is 51.0 Å². The van der Waals surface area contributed by atoms with Crippen LogP contribution < -0.4 is 0 Å². The van der Waals surface area contributed by atoms with Gasteiger partial charge in [-0.25, -0.2) is 0 Å². The molecule has 3 amide bonds. The zero-order chi connectivity index (χ0) is 19.5. The molecule has 4 rings (SSSR count). The molecule has 6 nitrogen and oxygen atoms in total. The molecule has 0 saturated carbocycles. The third-order valence-corrected chi connectivity index (χ3v) is 7.21. The van der Waals surface area contributed by atoms with Crippen LogP contribution in [0.3, 0.4) is 0 Å². The molecule has 0 spiro atoms. The van der Waals surface area contributed by atoms with Gasteiger partial charge >= 0.3 is 0 Å². The summed E-state index contributed by atoms with van der Waals surface area (Å²) in [6.45, 7) is 3.87. The predicted octanol–water partition coefficient (Wildman–Crippen LogP) is 2.60. The van der Waals surface area contributed by atoms with Crippen LogP contribution in [0, 0.1) is 5.92 Å². The van der Waals surface area contributed by atoms with Crippen LogP contribution in [0.1, 0.15) is 54.6 Å². The molecule has 1 aromatic rings. The number of likely N-dealkylation sites (tertiary alicyclic amines) is 3. The van der Waals surface area contributed by atoms with Gasteiger partial charge in [-0.1, -0.05) is 6.07 Å². The van der Waals surface area contributed by atoms with E-state index in [-0.39, 0.29) is 17.9 Å². The lowest BCUT2D eigenvalue weighted by atomic mass is 9.94. The van der Waals surface area contributed by atoms with E-state index in [2.05, 4.69) is 0 Å². The highest BCUT2D eigenvalue weighted by Gasteiger charge is 2.38. The molecule has 1 atom stereocenters. The number of hydrogen-bond acceptors (Lipinski definition) is 4. The fraction of sp³-hybridized carbons (Fsp3) is 0.667. The topological polar surface area (TPSA) is 60.9 Å². The molecule has 3 saturated heterocycles. The van der Waals surface area contributed by atoms with E-state index in [0.717, 1.165) is 64.7 Å². The molecule has 0 unspecified atom stereocenters. The predicted molar refractivity (Wildman–Crippen MR) is 108 cm³/mol. The minimum Gasteiger partial charge on any atom is -0.342 e. The number of thiophene rings is 1. The second-order valence-electron chi connectivity index (χ2n) is 8.20. The van der Waals surface area contributed by atoms with E-state index in [1.165, 1.54) is 11.3 Å². The summed E-state index contributed by atoms with van der Waals surface area (Å²) >= 11 is 1.44. The van der Waals surface area contributed by atoms with Crippen molar-refractivity contribution in [3.8, 4) is 0 Å². The van der Waals surface area contributed by atoms with E-state index >= 15 is 0 Å². The van der Waals surface area contributed by atoms with Crippen LogP contribution in [0.4, 0.5) is 0 Å². The number of nitrogens with zero attached hydrogens (tertiary/aromatic N) is 3. The first-order valence-electron chi connectivity index (χ1n) is 10.5. The molecule has 3 aliphatic heterocycles. The summed E-state index contributed by atoms with van der Waals surface area (Å²) in [6.07, 6.45) is 6.36. The fourth-order valence-electron chi connectivity index (χ4n) is 4.72. The van der Waals surface area contributed by atoms with Crippen molar-refractivity contribution < 1.29 is 14.4 Å². The molecule has 0 bridgehead atoms. The number of hydrogen-bond donors (Lipinski definition) is 0. The number of amides is 3. The minimum atomic E-state index is -0.310. The van der Waals surface area contributed by atoms with Crippen molar-refractivity contribution in [2.75, 3.05) is 32.7 Å². The highest BCUT2D eigenvalue weighted by molar-refractivity contribution is 7.12. The zero-order valence-electron chi connectivity index (χ0n) is 16.3. The van der Waals surface area contributed by atoms with Gasteiger partial charge in [-0.05, 0) is 55.9 Å². The highest BCUT2D eigenvalue weighted by atomic mass is 32.1. The van der Waals surface area contributed by atoms with Gasteiger partial charge < -0.3 is 14.7 Å². The second kappa shape index (κ2) is 8.64. The van der Waals surface area contributed by atoms with Crippen LogP contribution in [0.2, 0.25) is 0 Å². The molecule has 7 heteroatoms. The summed E-state index contributed by atoms with van der Waals surface area (Å²) in [5, 5.41) is 1.90. The van der Waals surface area contributed by atoms with Crippen LogP contribution in [-0.2, 0) is 9.59 Å². The Labute approximate surface area is 170 Å². The Morgan fingerprint density at radius 1 is 1.04 bits per heavy atom. The van der Waals surface area contributed by atoms with Gasteiger partial charge in [-0.3, -0.25) is 14.4 Å². The maximum absolute atomic E-state index is 13.1. The quantitative estimate of drug-likeness (QED) is 0.776. The monoisotopic (exact) mass is 403 g/mol. The standard InChI is InChI=1S/C21H29N3O3S/c25-19-7-1-2-10-23(19)15-16-8-12-22(13-9-16)20(26)17-5-3-11-24(17)21(27)18-6-4-14-28-18/h4,6,14,16-17H,1-3,5,7-13,15H2/t17-/m0/s1. The minimum absolute atomic E-state index is 0.00986. The summed E-state index contributed by atoms with van der Waals surface area (Å²) in [6, 6.07) is 3.40. The average molecular weight is 404 g/mol. The van der Waals surface area contributed by atoms with Crippen molar-refractivity contribution in [1.82, 2.24) is 14.7 Å². The number of carbonyl (C=O) groups excluding carboxylic acids is 3. The van der Waals surface area contributed by atoms with Crippen LogP contribution in [0.5, 0.6) is 0 Å². The molecule has 0 N–H and O–H groups in total. The van der Waals surface area contributed by atoms with Gasteiger partial charge in [-0.2, -0.15) is 0 Å². The molecule has 28 heavy (non-hydrogen) atoms. The van der Waals surface area contributed by atoms with Gasteiger partial charge in [0.05, 0.1) is 4.88 Å². The van der Waals surface area contributed by atoms with Gasteiger partial charge in [0, 0.05) is 39.1 Å². The highest BCUT2D eigenvalue weighted by Crippen LogP contribution is 2.26. The zero-order valence-corrected chi connectivity index (χ0v) is 17.2. The molecule has 152 valence electrons. The van der Waals surface area contributed by atoms with Gasteiger partial charge in [0.15, 0.2) is 0 Å². The van der Waals surface area contributed by atoms with E-state index in [4.69, 9.17) is 0 Å². The SMILES string of the molecule is O=C1CCCCN1CC1CCN(C(=O)[C@@H]2CCCN2C(=O)c2cccs2)CC1. The number of carbonyl (C=O) groups is 3. The lowest BCUT2D eigenvalue weighted by Crippen LogP contribution is -2.50. The maximum Gasteiger partial charge on any atom is 0.264 e. The first-order valence-corrected chi connectivity index (χ1v) is 11.4. The van der Waals surface area contributed by atoms with Crippen molar-refractivity contribution >= 4 is 29.1 Å². The summed E-state index contributed by atoms with van der Waals surface area (Å²) in [5.74, 6) is 0.872. The Bertz CT molecular complexity index is 712. The first kappa shape index (κ1) is 19.4. The van der Waals surface area contributed by atoms with Crippen LogP contribution in [0.25, 0.3) is 0 Å². The average Bonchev–Trinajstić information content (AvgIpc) is 3.41. The molecule has 0 aromatic carbocycles. The summed E-state index contributed by atoms with van der Waals surface area (Å²) in [7, 11) is 0. The van der Waals surface area contributed by atoms with Crippen LogP contribution in [-0.4, -0.2) is 71.2 Å². The molecule has 0 radical (unpaired) electrons. The van der Waals surface area contributed by atoms with Crippen molar-refractivity contribution in [2.24, 2.45) is 5.92 Å². The first-order chi connectivity index (χ1) is 13.6. The molecule has 3 fully saturated rings. The molecular formula is C21H29N3O3S. The molecule has 3 aliphatic rings.